The molecular weight excluding hydrogens is 250 g/mol. The first-order valence-corrected chi connectivity index (χ1v) is 7.08. The second-order valence-electron chi connectivity index (χ2n) is 3.81. The summed E-state index contributed by atoms with van der Waals surface area (Å²) in [5, 5.41) is 8.99. The molecule has 1 fully saturated rings. The van der Waals surface area contributed by atoms with Crippen LogP contribution in [0.15, 0.2) is 0 Å². The maximum absolute atomic E-state index is 11.9. The van der Waals surface area contributed by atoms with Gasteiger partial charge in [0.25, 0.3) is 0 Å². The summed E-state index contributed by atoms with van der Waals surface area (Å²) in [6.45, 7) is 1.69. The Hall–Kier alpha value is -0.560. The van der Waals surface area contributed by atoms with Gasteiger partial charge in [0, 0.05) is 28.2 Å². The van der Waals surface area contributed by atoms with Gasteiger partial charge in [0.05, 0.1) is 5.88 Å². The molecule has 0 saturated carbocycles. The average Bonchev–Trinajstić information content (AvgIpc) is 2.26. The Balaban J connectivity index is 2.82. The van der Waals surface area contributed by atoms with E-state index in [0.29, 0.717) is 11.5 Å². The number of carbonyl (C=O) groups excluding carboxylic acids is 1. The summed E-state index contributed by atoms with van der Waals surface area (Å²) >= 11 is 4.01. The molecule has 3 atom stereocenters. The Kier molecular flexibility index (Phi) is 4.79. The van der Waals surface area contributed by atoms with Crippen LogP contribution in [-0.2, 0) is 20.4 Å². The summed E-state index contributed by atoms with van der Waals surface area (Å²) < 4.78 is 11.4. The highest BCUT2D eigenvalue weighted by molar-refractivity contribution is 7.85. The minimum atomic E-state index is -1.13. The molecule has 0 radical (unpaired) electrons. The monoisotopic (exact) mass is 265 g/mol. The van der Waals surface area contributed by atoms with Crippen LogP contribution in [0.5, 0.6) is 0 Å². The van der Waals surface area contributed by atoms with Gasteiger partial charge in [0.15, 0.2) is 0 Å². The normalized spacial score (nSPS) is 27.5. The van der Waals surface area contributed by atoms with Crippen molar-refractivity contribution in [2.75, 3.05) is 17.4 Å². The predicted octanol–water partition coefficient (Wildman–Crippen LogP) is -0.0560. The van der Waals surface area contributed by atoms with Gasteiger partial charge in [0.2, 0.25) is 5.91 Å². The Morgan fingerprint density at radius 3 is 2.75 bits per heavy atom. The SMILES string of the molecule is CC(CS)C(=O)N1CS(=O)CCC1C(=O)O. The van der Waals surface area contributed by atoms with Crippen LogP contribution in [-0.4, -0.2) is 49.5 Å². The van der Waals surface area contributed by atoms with Crippen molar-refractivity contribution in [1.29, 1.82) is 0 Å². The molecule has 1 saturated heterocycles. The molecule has 92 valence electrons. The number of nitrogens with zero attached hydrogens (tertiary/aromatic N) is 1. The molecule has 1 heterocycles. The van der Waals surface area contributed by atoms with Crippen molar-refractivity contribution in [1.82, 2.24) is 4.90 Å². The zero-order valence-electron chi connectivity index (χ0n) is 8.96. The fourth-order valence-corrected chi connectivity index (χ4v) is 2.93. The highest BCUT2D eigenvalue weighted by Gasteiger charge is 2.36. The number of carbonyl (C=O) groups is 2. The molecular formula is C9H15NO4S2. The second-order valence-corrected chi connectivity index (χ2v) is 5.72. The van der Waals surface area contributed by atoms with Gasteiger partial charge in [0.1, 0.15) is 6.04 Å². The molecule has 0 bridgehead atoms. The molecule has 5 nitrogen and oxygen atoms in total. The fourth-order valence-electron chi connectivity index (χ4n) is 1.54. The first-order valence-electron chi connectivity index (χ1n) is 4.96. The Bertz CT molecular complexity index is 321. The van der Waals surface area contributed by atoms with Gasteiger partial charge in [-0.3, -0.25) is 9.00 Å². The summed E-state index contributed by atoms with van der Waals surface area (Å²) in [4.78, 5) is 24.1. The van der Waals surface area contributed by atoms with Crippen LogP contribution >= 0.6 is 12.6 Å². The summed E-state index contributed by atoms with van der Waals surface area (Å²) in [7, 11) is -1.13. The molecule has 3 unspecified atom stereocenters. The minimum Gasteiger partial charge on any atom is -0.480 e. The molecule has 0 aromatic heterocycles. The standard InChI is InChI=1S/C9H15NO4S2/c1-6(4-15)8(11)10-5-16(14)3-2-7(10)9(12)13/h6-7,15H,2-5H2,1H3,(H,12,13). The van der Waals surface area contributed by atoms with Crippen molar-refractivity contribution in [3.05, 3.63) is 0 Å². The number of hydrogen-bond acceptors (Lipinski definition) is 4. The predicted molar refractivity (Wildman–Crippen MR) is 63.8 cm³/mol. The number of thiol groups is 1. The van der Waals surface area contributed by atoms with Crippen molar-refractivity contribution < 1.29 is 18.9 Å². The molecule has 0 spiro atoms. The number of carboxylic acids is 1. The van der Waals surface area contributed by atoms with E-state index in [-0.39, 0.29) is 24.1 Å². The van der Waals surface area contributed by atoms with E-state index in [9.17, 15) is 13.8 Å². The van der Waals surface area contributed by atoms with Gasteiger partial charge in [-0.25, -0.2) is 4.79 Å². The van der Waals surface area contributed by atoms with E-state index < -0.39 is 22.8 Å². The lowest BCUT2D eigenvalue weighted by atomic mass is 10.1. The van der Waals surface area contributed by atoms with Crippen molar-refractivity contribution in [2.45, 2.75) is 19.4 Å². The van der Waals surface area contributed by atoms with E-state index in [1.807, 2.05) is 0 Å². The fraction of sp³-hybridized carbons (Fsp3) is 0.778. The quantitative estimate of drug-likeness (QED) is 0.701. The number of hydrogen-bond donors (Lipinski definition) is 2. The highest BCUT2D eigenvalue weighted by atomic mass is 32.2. The Labute approximate surface area is 102 Å². The molecule has 1 aliphatic rings. The third kappa shape index (κ3) is 2.98. The van der Waals surface area contributed by atoms with Gasteiger partial charge < -0.3 is 10.0 Å². The Morgan fingerprint density at radius 1 is 1.62 bits per heavy atom. The van der Waals surface area contributed by atoms with Gasteiger partial charge in [-0.1, -0.05) is 6.92 Å². The lowest BCUT2D eigenvalue weighted by molar-refractivity contribution is -0.151. The molecule has 1 aliphatic heterocycles. The third-order valence-corrected chi connectivity index (χ3v) is 4.35. The molecule has 0 aromatic rings. The van der Waals surface area contributed by atoms with Crippen molar-refractivity contribution >= 4 is 35.3 Å². The van der Waals surface area contributed by atoms with Crippen LogP contribution in [0.4, 0.5) is 0 Å². The van der Waals surface area contributed by atoms with E-state index >= 15 is 0 Å². The van der Waals surface area contributed by atoms with E-state index in [0.717, 1.165) is 0 Å². The molecule has 1 N–H and O–H groups in total. The summed E-state index contributed by atoms with van der Waals surface area (Å²) in [6, 6.07) is -0.840. The lowest BCUT2D eigenvalue weighted by Gasteiger charge is -2.33. The molecule has 1 amide bonds. The maximum Gasteiger partial charge on any atom is 0.326 e. The van der Waals surface area contributed by atoms with E-state index in [1.165, 1.54) is 4.90 Å². The topological polar surface area (TPSA) is 74.7 Å². The van der Waals surface area contributed by atoms with Gasteiger partial charge >= 0.3 is 5.97 Å². The second kappa shape index (κ2) is 5.67. The smallest absolute Gasteiger partial charge is 0.326 e. The largest absolute Gasteiger partial charge is 0.480 e. The zero-order valence-corrected chi connectivity index (χ0v) is 10.7. The van der Waals surface area contributed by atoms with Crippen LogP contribution in [0.1, 0.15) is 13.3 Å². The van der Waals surface area contributed by atoms with Gasteiger partial charge in [-0.2, -0.15) is 12.6 Å². The van der Waals surface area contributed by atoms with Crippen molar-refractivity contribution in [3.8, 4) is 0 Å². The molecule has 16 heavy (non-hydrogen) atoms. The highest BCUT2D eigenvalue weighted by Crippen LogP contribution is 2.17. The number of amides is 1. The number of aliphatic carboxylic acids is 1. The van der Waals surface area contributed by atoms with Crippen LogP contribution in [0.25, 0.3) is 0 Å². The molecule has 0 aromatic carbocycles. The van der Waals surface area contributed by atoms with Crippen molar-refractivity contribution in [3.63, 3.8) is 0 Å². The van der Waals surface area contributed by atoms with Crippen LogP contribution in [0.3, 0.4) is 0 Å². The summed E-state index contributed by atoms with van der Waals surface area (Å²) in [5.41, 5.74) is 0. The van der Waals surface area contributed by atoms with Gasteiger partial charge in [-0.15, -0.1) is 0 Å². The summed E-state index contributed by atoms with van der Waals surface area (Å²) in [6.07, 6.45) is 0.257. The first kappa shape index (κ1) is 13.5. The van der Waals surface area contributed by atoms with Crippen LogP contribution in [0, 0.1) is 5.92 Å². The maximum atomic E-state index is 11.9. The van der Waals surface area contributed by atoms with E-state index in [2.05, 4.69) is 12.6 Å². The van der Waals surface area contributed by atoms with E-state index in [4.69, 9.17) is 5.11 Å². The summed E-state index contributed by atoms with van der Waals surface area (Å²) in [5.74, 6) is -0.940. The number of carboxylic acid groups (broad SMARTS) is 1. The molecule has 7 heteroatoms. The number of rotatable bonds is 3. The molecule has 0 aliphatic carbocycles. The van der Waals surface area contributed by atoms with Crippen molar-refractivity contribution in [2.24, 2.45) is 5.92 Å². The first-order chi connectivity index (χ1) is 7.47. The van der Waals surface area contributed by atoms with Gasteiger partial charge in [-0.05, 0) is 6.42 Å². The zero-order chi connectivity index (χ0) is 12.3. The minimum absolute atomic E-state index is 0.0217. The third-order valence-electron chi connectivity index (χ3n) is 2.54. The van der Waals surface area contributed by atoms with Crippen LogP contribution < -0.4 is 0 Å². The molecule has 1 rings (SSSR count). The average molecular weight is 265 g/mol. The van der Waals surface area contributed by atoms with Crippen LogP contribution in [0.2, 0.25) is 0 Å². The Morgan fingerprint density at radius 2 is 2.25 bits per heavy atom. The lowest BCUT2D eigenvalue weighted by Crippen LogP contribution is -2.52. The van der Waals surface area contributed by atoms with E-state index in [1.54, 1.807) is 6.92 Å².